The van der Waals surface area contributed by atoms with Gasteiger partial charge < -0.3 is 0 Å². The summed E-state index contributed by atoms with van der Waals surface area (Å²) in [5.74, 6) is 0. The Labute approximate surface area is 110 Å². The quantitative estimate of drug-likeness (QED) is 0.798. The van der Waals surface area contributed by atoms with E-state index in [2.05, 4.69) is 43.7 Å². The second kappa shape index (κ2) is 7.59. The number of nitrogens with zero attached hydrogens (tertiary/aromatic N) is 2. The van der Waals surface area contributed by atoms with Gasteiger partial charge in [-0.25, -0.2) is 0 Å². The van der Waals surface area contributed by atoms with Crippen LogP contribution in [0, 0.1) is 13.8 Å². The normalized spacial score (nSPS) is 9.56. The van der Waals surface area contributed by atoms with Crippen LogP contribution in [-0.4, -0.2) is 9.97 Å². The Morgan fingerprint density at radius 1 is 0.778 bits per heavy atom. The molecule has 0 amide bonds. The Bertz CT molecular complexity index is 433. The molecule has 0 spiro atoms. The molecule has 0 saturated heterocycles. The molecule has 0 atom stereocenters. The summed E-state index contributed by atoms with van der Waals surface area (Å²) in [6.07, 6.45) is 9.68. The molecule has 0 aliphatic carbocycles. The van der Waals surface area contributed by atoms with Crippen LogP contribution in [-0.2, 0) is 12.8 Å². The van der Waals surface area contributed by atoms with E-state index >= 15 is 0 Å². The molecule has 0 radical (unpaired) electrons. The molecule has 2 aromatic rings. The molecule has 0 saturated carbocycles. The van der Waals surface area contributed by atoms with E-state index in [1.54, 1.807) is 0 Å². The van der Waals surface area contributed by atoms with Crippen LogP contribution in [0.15, 0.2) is 36.9 Å². The molecule has 18 heavy (non-hydrogen) atoms. The van der Waals surface area contributed by atoms with Crippen LogP contribution in [0.5, 0.6) is 0 Å². The van der Waals surface area contributed by atoms with Crippen molar-refractivity contribution in [2.45, 2.75) is 40.5 Å². The van der Waals surface area contributed by atoms with Gasteiger partial charge in [-0.1, -0.05) is 13.8 Å². The second-order valence-electron chi connectivity index (χ2n) is 4.31. The van der Waals surface area contributed by atoms with Gasteiger partial charge in [0.15, 0.2) is 0 Å². The van der Waals surface area contributed by atoms with Gasteiger partial charge in [-0.2, -0.15) is 0 Å². The third-order valence-electron chi connectivity index (χ3n) is 3.05. The first-order valence-electron chi connectivity index (χ1n) is 6.48. The Balaban J connectivity index is 0.000000180. The minimum absolute atomic E-state index is 1.08. The molecule has 0 fully saturated rings. The maximum absolute atomic E-state index is 4.02. The highest BCUT2D eigenvalue weighted by molar-refractivity contribution is 5.21. The lowest BCUT2D eigenvalue weighted by atomic mass is 10.1. The van der Waals surface area contributed by atoms with Crippen molar-refractivity contribution in [1.29, 1.82) is 0 Å². The topological polar surface area (TPSA) is 25.8 Å². The van der Waals surface area contributed by atoms with E-state index in [1.807, 2.05) is 30.9 Å². The van der Waals surface area contributed by atoms with Crippen molar-refractivity contribution in [3.63, 3.8) is 0 Å². The summed E-state index contributed by atoms with van der Waals surface area (Å²) in [7, 11) is 0. The highest BCUT2D eigenvalue weighted by Crippen LogP contribution is 2.04. The molecule has 0 aromatic carbocycles. The maximum Gasteiger partial charge on any atom is 0.0302 e. The second-order valence-corrected chi connectivity index (χ2v) is 4.31. The van der Waals surface area contributed by atoms with Crippen molar-refractivity contribution in [1.82, 2.24) is 9.97 Å². The molecule has 2 aromatic heterocycles. The van der Waals surface area contributed by atoms with Crippen LogP contribution >= 0.6 is 0 Å². The smallest absolute Gasteiger partial charge is 0.0302 e. The number of rotatable bonds is 2. The summed E-state index contributed by atoms with van der Waals surface area (Å²) in [5.41, 5.74) is 5.37. The van der Waals surface area contributed by atoms with E-state index in [4.69, 9.17) is 0 Å². The predicted octanol–water partition coefficient (Wildman–Crippen LogP) is 3.90. The van der Waals surface area contributed by atoms with E-state index < -0.39 is 0 Å². The fourth-order valence-electron chi connectivity index (χ4n) is 1.77. The lowest BCUT2D eigenvalue weighted by Crippen LogP contribution is -1.85. The van der Waals surface area contributed by atoms with Gasteiger partial charge in [-0.3, -0.25) is 9.97 Å². The van der Waals surface area contributed by atoms with Crippen molar-refractivity contribution in [2.24, 2.45) is 0 Å². The average molecular weight is 242 g/mol. The SMILES string of the molecule is CCc1ccncc1C.CCc1cnccc1C. The van der Waals surface area contributed by atoms with Crippen molar-refractivity contribution < 1.29 is 0 Å². The van der Waals surface area contributed by atoms with Crippen LogP contribution in [0.3, 0.4) is 0 Å². The van der Waals surface area contributed by atoms with Crippen LogP contribution in [0.4, 0.5) is 0 Å². The fourth-order valence-corrected chi connectivity index (χ4v) is 1.77. The van der Waals surface area contributed by atoms with Gasteiger partial charge in [0.25, 0.3) is 0 Å². The van der Waals surface area contributed by atoms with Crippen molar-refractivity contribution >= 4 is 0 Å². The predicted molar refractivity (Wildman–Crippen MR) is 76.7 cm³/mol. The molecule has 0 bridgehead atoms. The Morgan fingerprint density at radius 3 is 1.83 bits per heavy atom. The highest BCUT2D eigenvalue weighted by atomic mass is 14.6. The molecular formula is C16H22N2. The number of aromatic nitrogens is 2. The zero-order chi connectivity index (χ0) is 13.4. The molecule has 2 heterocycles. The van der Waals surface area contributed by atoms with Gasteiger partial charge in [0, 0.05) is 24.8 Å². The summed E-state index contributed by atoms with van der Waals surface area (Å²) in [6, 6.07) is 4.11. The molecule has 96 valence electrons. The average Bonchev–Trinajstić information content (AvgIpc) is 2.41. The fraction of sp³-hybridized carbons (Fsp3) is 0.375. The van der Waals surface area contributed by atoms with E-state index in [0.29, 0.717) is 0 Å². The number of hydrogen-bond acceptors (Lipinski definition) is 2. The first-order chi connectivity index (χ1) is 8.69. The first-order valence-corrected chi connectivity index (χ1v) is 6.48. The summed E-state index contributed by atoms with van der Waals surface area (Å²) in [4.78, 5) is 8.01. The molecule has 0 aliphatic rings. The van der Waals surface area contributed by atoms with Gasteiger partial charge in [0.05, 0.1) is 0 Å². The zero-order valence-electron chi connectivity index (χ0n) is 11.8. The van der Waals surface area contributed by atoms with Gasteiger partial charge in [-0.05, 0) is 61.1 Å². The van der Waals surface area contributed by atoms with E-state index in [9.17, 15) is 0 Å². The van der Waals surface area contributed by atoms with Crippen LogP contribution < -0.4 is 0 Å². The number of pyridine rings is 2. The number of hydrogen-bond donors (Lipinski definition) is 0. The molecule has 2 rings (SSSR count). The van der Waals surface area contributed by atoms with E-state index in [0.717, 1.165) is 12.8 Å². The van der Waals surface area contributed by atoms with Crippen LogP contribution in [0.2, 0.25) is 0 Å². The van der Waals surface area contributed by atoms with Crippen LogP contribution in [0.1, 0.15) is 36.1 Å². The number of aryl methyl sites for hydroxylation is 4. The minimum Gasteiger partial charge on any atom is -0.264 e. The summed E-state index contributed by atoms with van der Waals surface area (Å²) in [6.45, 7) is 8.50. The third kappa shape index (κ3) is 4.28. The molecule has 0 aliphatic heterocycles. The van der Waals surface area contributed by atoms with Crippen molar-refractivity contribution in [3.05, 3.63) is 59.2 Å². The summed E-state index contributed by atoms with van der Waals surface area (Å²) < 4.78 is 0. The lowest BCUT2D eigenvalue weighted by Gasteiger charge is -1.97. The van der Waals surface area contributed by atoms with Gasteiger partial charge in [0.2, 0.25) is 0 Å². The maximum atomic E-state index is 4.02. The molecule has 0 N–H and O–H groups in total. The van der Waals surface area contributed by atoms with Crippen molar-refractivity contribution in [3.8, 4) is 0 Å². The van der Waals surface area contributed by atoms with E-state index in [1.165, 1.54) is 22.3 Å². The van der Waals surface area contributed by atoms with Gasteiger partial charge in [0.1, 0.15) is 0 Å². The summed E-state index contributed by atoms with van der Waals surface area (Å²) >= 11 is 0. The molecule has 0 unspecified atom stereocenters. The standard InChI is InChI=1S/2C8H11N/c1-3-8-4-5-9-6-7(8)2;1-3-8-6-9-5-4-7(8)2/h2*4-6H,3H2,1-2H3. The first kappa shape index (κ1) is 14.4. The summed E-state index contributed by atoms with van der Waals surface area (Å²) in [5, 5.41) is 0. The largest absolute Gasteiger partial charge is 0.264 e. The minimum atomic E-state index is 1.08. The van der Waals surface area contributed by atoms with Crippen LogP contribution in [0.25, 0.3) is 0 Å². The van der Waals surface area contributed by atoms with E-state index in [-0.39, 0.29) is 0 Å². The molecule has 2 nitrogen and oxygen atoms in total. The Morgan fingerprint density at radius 2 is 1.39 bits per heavy atom. The lowest BCUT2D eigenvalue weighted by molar-refractivity contribution is 1.07. The van der Waals surface area contributed by atoms with Crippen molar-refractivity contribution in [2.75, 3.05) is 0 Å². The monoisotopic (exact) mass is 242 g/mol. The van der Waals surface area contributed by atoms with Gasteiger partial charge in [-0.15, -0.1) is 0 Å². The Hall–Kier alpha value is -1.70. The zero-order valence-corrected chi connectivity index (χ0v) is 11.8. The van der Waals surface area contributed by atoms with Gasteiger partial charge >= 0.3 is 0 Å². The molecular weight excluding hydrogens is 220 g/mol. The Kier molecular flexibility index (Phi) is 6.06. The third-order valence-corrected chi connectivity index (χ3v) is 3.05. The molecule has 2 heteroatoms. The highest BCUT2D eigenvalue weighted by Gasteiger charge is 1.91.